The number of hydrogen-bond acceptors (Lipinski definition) is 8. The van der Waals surface area contributed by atoms with E-state index < -0.39 is 0 Å². The number of anilines is 2. The van der Waals surface area contributed by atoms with Crippen LogP contribution in [-0.2, 0) is 13.0 Å². The highest BCUT2D eigenvalue weighted by Gasteiger charge is 2.14. The molecule has 1 aromatic heterocycles. The highest BCUT2D eigenvalue weighted by Crippen LogP contribution is 2.34. The zero-order chi connectivity index (χ0) is 31.6. The zero-order valence-corrected chi connectivity index (χ0v) is 25.9. The molecule has 5 aromatic rings. The maximum atomic E-state index is 12.8. The van der Waals surface area contributed by atoms with Crippen LogP contribution in [0.15, 0.2) is 108 Å². The lowest BCUT2D eigenvalue weighted by molar-refractivity contribution is 0.0955. The van der Waals surface area contributed by atoms with Crippen LogP contribution in [0.1, 0.15) is 32.6 Å². The minimum atomic E-state index is -0.351. The molecule has 4 aromatic carbocycles. The van der Waals surface area contributed by atoms with Gasteiger partial charge in [0, 0.05) is 38.3 Å². The Labute approximate surface area is 270 Å². The first kappa shape index (κ1) is 31.0. The summed E-state index contributed by atoms with van der Waals surface area (Å²) in [6.45, 7) is 4.06. The second kappa shape index (κ2) is 14.8. The fourth-order valence-corrected chi connectivity index (χ4v) is 5.29. The van der Waals surface area contributed by atoms with E-state index in [0.717, 1.165) is 33.2 Å². The Morgan fingerprint density at radius 3 is 2.60 bits per heavy atom. The molecule has 1 amide bonds. The molecule has 0 radical (unpaired) electrons. The molecule has 45 heavy (non-hydrogen) atoms. The van der Waals surface area contributed by atoms with Gasteiger partial charge in [0.1, 0.15) is 6.61 Å². The number of ether oxygens (including phenoxy) is 2. The van der Waals surface area contributed by atoms with Gasteiger partial charge in [0.2, 0.25) is 0 Å². The van der Waals surface area contributed by atoms with Gasteiger partial charge < -0.3 is 14.8 Å². The van der Waals surface area contributed by atoms with Crippen molar-refractivity contribution in [3.63, 3.8) is 0 Å². The van der Waals surface area contributed by atoms with E-state index in [1.165, 1.54) is 11.3 Å². The Hall–Kier alpha value is -5.43. The highest BCUT2D eigenvalue weighted by atomic mass is 35.5. The standard InChI is InChI=1S/C35H28ClN5O3S/c1-3-6-26-17-23(18-32(43-2)33(26)44-21-28-8-5-4-7-27(28)19-37)20-38-41-34(42)25-11-9-24(10-12-25)31-22-45-35(40-31)39-30-15-13-29(36)14-16-30/h3-5,7-18,20,22H,1,6,21H2,2H3,(H,39,40)(H,41,42)/b38-20-. The molecule has 0 saturated carbocycles. The van der Waals surface area contributed by atoms with Crippen molar-refractivity contribution in [1.82, 2.24) is 10.4 Å². The van der Waals surface area contributed by atoms with E-state index in [-0.39, 0.29) is 12.5 Å². The zero-order valence-electron chi connectivity index (χ0n) is 24.3. The van der Waals surface area contributed by atoms with Crippen LogP contribution in [0.25, 0.3) is 11.3 Å². The Bertz CT molecular complexity index is 1880. The van der Waals surface area contributed by atoms with E-state index in [4.69, 9.17) is 21.1 Å². The number of aromatic nitrogens is 1. The van der Waals surface area contributed by atoms with Crippen LogP contribution >= 0.6 is 22.9 Å². The quantitative estimate of drug-likeness (QED) is 0.0815. The molecule has 1 heterocycles. The second-order valence-corrected chi connectivity index (χ2v) is 11.0. The first-order valence-corrected chi connectivity index (χ1v) is 15.1. The largest absolute Gasteiger partial charge is 0.493 e. The summed E-state index contributed by atoms with van der Waals surface area (Å²) < 4.78 is 11.7. The Balaban J connectivity index is 1.23. The van der Waals surface area contributed by atoms with Gasteiger partial charge in [-0.3, -0.25) is 4.79 Å². The van der Waals surface area contributed by atoms with Crippen molar-refractivity contribution >= 4 is 45.9 Å². The molecular weight excluding hydrogens is 606 g/mol. The molecule has 8 nitrogen and oxygen atoms in total. The summed E-state index contributed by atoms with van der Waals surface area (Å²) in [7, 11) is 1.55. The minimum absolute atomic E-state index is 0.205. The summed E-state index contributed by atoms with van der Waals surface area (Å²) in [5.74, 6) is 0.704. The number of rotatable bonds is 12. The van der Waals surface area contributed by atoms with Crippen LogP contribution < -0.4 is 20.2 Å². The molecule has 224 valence electrons. The predicted octanol–water partition coefficient (Wildman–Crippen LogP) is 8.16. The van der Waals surface area contributed by atoms with E-state index in [2.05, 4.69) is 33.5 Å². The Morgan fingerprint density at radius 1 is 1.09 bits per heavy atom. The van der Waals surface area contributed by atoms with Crippen molar-refractivity contribution in [2.45, 2.75) is 13.0 Å². The number of carbonyl (C=O) groups is 1. The Kier molecular flexibility index (Phi) is 10.2. The molecule has 0 fully saturated rings. The van der Waals surface area contributed by atoms with Gasteiger partial charge in [0.15, 0.2) is 16.6 Å². The molecule has 0 aliphatic heterocycles. The predicted molar refractivity (Wildman–Crippen MR) is 180 cm³/mol. The summed E-state index contributed by atoms with van der Waals surface area (Å²) >= 11 is 7.45. The number of benzene rings is 4. The smallest absolute Gasteiger partial charge is 0.271 e. The van der Waals surface area contributed by atoms with E-state index in [9.17, 15) is 10.1 Å². The molecule has 5 rings (SSSR count). The van der Waals surface area contributed by atoms with Crippen molar-refractivity contribution in [3.05, 3.63) is 136 Å². The van der Waals surface area contributed by atoms with Gasteiger partial charge in [-0.1, -0.05) is 48.0 Å². The van der Waals surface area contributed by atoms with Gasteiger partial charge in [-0.15, -0.1) is 17.9 Å². The fourth-order valence-electron chi connectivity index (χ4n) is 4.43. The lowest BCUT2D eigenvalue weighted by Crippen LogP contribution is -2.17. The van der Waals surface area contributed by atoms with E-state index >= 15 is 0 Å². The number of nitrogens with one attached hydrogen (secondary N) is 2. The SMILES string of the molecule is C=CCc1cc(/C=N\NC(=O)c2ccc(-c3csc(Nc4ccc(Cl)cc4)n3)cc2)cc(OC)c1OCc1ccccc1C#N. The van der Waals surface area contributed by atoms with Crippen LogP contribution in [0.2, 0.25) is 5.02 Å². The summed E-state index contributed by atoms with van der Waals surface area (Å²) in [5, 5.41) is 20.2. The molecule has 0 unspecified atom stereocenters. The summed E-state index contributed by atoms with van der Waals surface area (Å²) in [5.41, 5.74) is 8.47. The second-order valence-electron chi connectivity index (χ2n) is 9.71. The summed E-state index contributed by atoms with van der Waals surface area (Å²) in [6, 6.07) is 27.7. The first-order chi connectivity index (χ1) is 22.0. The lowest BCUT2D eigenvalue weighted by Gasteiger charge is -2.16. The van der Waals surface area contributed by atoms with E-state index in [1.807, 2.05) is 66.0 Å². The molecule has 0 bridgehead atoms. The minimum Gasteiger partial charge on any atom is -0.493 e. The van der Waals surface area contributed by atoms with Crippen molar-refractivity contribution in [1.29, 1.82) is 5.26 Å². The number of thiazole rings is 1. The molecule has 10 heteroatoms. The van der Waals surface area contributed by atoms with Gasteiger partial charge in [-0.25, -0.2) is 10.4 Å². The number of amides is 1. The van der Waals surface area contributed by atoms with Gasteiger partial charge in [-0.2, -0.15) is 10.4 Å². The highest BCUT2D eigenvalue weighted by molar-refractivity contribution is 7.14. The van der Waals surface area contributed by atoms with Gasteiger partial charge >= 0.3 is 0 Å². The fraction of sp³-hybridized carbons (Fsp3) is 0.0857. The van der Waals surface area contributed by atoms with Gasteiger partial charge in [-0.05, 0) is 66.6 Å². The molecule has 2 N–H and O–H groups in total. The van der Waals surface area contributed by atoms with Crippen LogP contribution in [0.3, 0.4) is 0 Å². The maximum Gasteiger partial charge on any atom is 0.271 e. The molecule has 0 saturated heterocycles. The first-order valence-electron chi connectivity index (χ1n) is 13.8. The molecule has 0 spiro atoms. The average molecular weight is 634 g/mol. The molecular formula is C35H28ClN5O3S. The number of methoxy groups -OCH3 is 1. The third kappa shape index (κ3) is 7.95. The monoisotopic (exact) mass is 633 g/mol. The molecule has 0 atom stereocenters. The number of carbonyl (C=O) groups excluding carboxylic acids is 1. The number of allylic oxidation sites excluding steroid dienone is 1. The van der Waals surface area contributed by atoms with Crippen LogP contribution in [0.4, 0.5) is 10.8 Å². The normalized spacial score (nSPS) is 10.7. The average Bonchev–Trinajstić information content (AvgIpc) is 3.54. The van der Waals surface area contributed by atoms with Crippen LogP contribution in [-0.4, -0.2) is 24.2 Å². The molecule has 0 aliphatic rings. The maximum absolute atomic E-state index is 12.8. The van der Waals surface area contributed by atoms with Crippen molar-refractivity contribution in [2.75, 3.05) is 12.4 Å². The van der Waals surface area contributed by atoms with Crippen LogP contribution in [0, 0.1) is 11.3 Å². The number of hydrogen-bond donors (Lipinski definition) is 2. The number of nitriles is 1. The van der Waals surface area contributed by atoms with Gasteiger partial charge in [0.25, 0.3) is 5.91 Å². The van der Waals surface area contributed by atoms with E-state index in [1.54, 1.807) is 43.7 Å². The number of hydrazone groups is 1. The third-order valence-electron chi connectivity index (χ3n) is 6.67. The number of halogens is 1. The van der Waals surface area contributed by atoms with Crippen molar-refractivity contribution in [2.24, 2.45) is 5.10 Å². The topological polar surface area (TPSA) is 109 Å². The summed E-state index contributed by atoms with van der Waals surface area (Å²) in [4.78, 5) is 17.4. The molecule has 0 aliphatic carbocycles. The van der Waals surface area contributed by atoms with Gasteiger partial charge in [0.05, 0.1) is 30.7 Å². The van der Waals surface area contributed by atoms with E-state index in [0.29, 0.717) is 39.6 Å². The third-order valence-corrected chi connectivity index (χ3v) is 7.68. The Morgan fingerprint density at radius 2 is 1.87 bits per heavy atom. The summed E-state index contributed by atoms with van der Waals surface area (Å²) in [6.07, 6.45) is 3.82. The number of nitrogens with zero attached hydrogens (tertiary/aromatic N) is 3. The van der Waals surface area contributed by atoms with Crippen molar-refractivity contribution in [3.8, 4) is 28.8 Å². The lowest BCUT2D eigenvalue weighted by atomic mass is 10.1. The van der Waals surface area contributed by atoms with Crippen molar-refractivity contribution < 1.29 is 14.3 Å². The van der Waals surface area contributed by atoms with Crippen LogP contribution in [0.5, 0.6) is 11.5 Å².